The number of quaternary nitrogens is 1. The normalized spacial score (nSPS) is 16.9. The minimum absolute atomic E-state index is 0.0421. The molecule has 2 rings (SSSR count). The summed E-state index contributed by atoms with van der Waals surface area (Å²) in [6.45, 7) is 2.54. The largest absolute Gasteiger partial charge is 0.410 e. The maximum atomic E-state index is 11.8. The molecule has 1 aromatic rings. The molecule has 1 saturated carbocycles. The summed E-state index contributed by atoms with van der Waals surface area (Å²) in [5.41, 5.74) is 0. The molecule has 1 fully saturated rings. The molecule has 100 valence electrons. The highest BCUT2D eigenvalue weighted by molar-refractivity contribution is 8.00. The number of aromatic nitrogens is 2. The summed E-state index contributed by atoms with van der Waals surface area (Å²) in [7, 11) is 4.03. The Kier molecular flexibility index (Phi) is 4.23. The second kappa shape index (κ2) is 5.71. The molecule has 1 aromatic heterocycles. The van der Waals surface area contributed by atoms with Gasteiger partial charge in [-0.05, 0) is 19.8 Å². The lowest BCUT2D eigenvalue weighted by Crippen LogP contribution is -3.04. The van der Waals surface area contributed by atoms with E-state index < -0.39 is 0 Å². The molecule has 0 bridgehead atoms. The van der Waals surface area contributed by atoms with Crippen molar-refractivity contribution in [2.75, 3.05) is 14.1 Å². The summed E-state index contributed by atoms with van der Waals surface area (Å²) in [4.78, 5) is 13.0. The van der Waals surface area contributed by atoms with Gasteiger partial charge < -0.3 is 14.6 Å². The zero-order valence-corrected chi connectivity index (χ0v) is 11.7. The van der Waals surface area contributed by atoms with Gasteiger partial charge in [0.15, 0.2) is 6.54 Å². The van der Waals surface area contributed by atoms with Gasteiger partial charge in [0.1, 0.15) is 0 Å². The highest BCUT2D eigenvalue weighted by atomic mass is 32.2. The third-order valence-corrected chi connectivity index (χ3v) is 3.46. The molecule has 0 spiro atoms. The number of nitrogens with one attached hydrogen (secondary N) is 2. The SMILES string of the molecule is C[C@H](Sc1nnc(C[NH+](C)C)o1)C(=O)NC1CC1. The fraction of sp³-hybridized carbons (Fsp3) is 0.727. The number of thioether (sulfide) groups is 1. The van der Waals surface area contributed by atoms with Crippen LogP contribution in [-0.4, -0.2) is 41.5 Å². The van der Waals surface area contributed by atoms with Crippen LogP contribution in [0.5, 0.6) is 0 Å². The van der Waals surface area contributed by atoms with Crippen LogP contribution in [-0.2, 0) is 11.3 Å². The molecule has 6 nitrogen and oxygen atoms in total. The Morgan fingerprint density at radius 2 is 2.28 bits per heavy atom. The van der Waals surface area contributed by atoms with Crippen LogP contribution in [0.3, 0.4) is 0 Å². The van der Waals surface area contributed by atoms with Crippen LogP contribution in [0.15, 0.2) is 9.64 Å². The summed E-state index contributed by atoms with van der Waals surface area (Å²) in [5.74, 6) is 0.646. The standard InChI is InChI=1S/C11H18N4O2S/c1-7(10(16)12-8-4-5-8)18-11-14-13-9(17-11)6-15(2)3/h7-8H,4-6H2,1-3H3,(H,12,16)/p+1/t7-/m0/s1. The maximum Gasteiger partial charge on any atom is 0.277 e. The zero-order valence-electron chi connectivity index (χ0n) is 10.9. The van der Waals surface area contributed by atoms with Gasteiger partial charge in [-0.2, -0.15) is 0 Å². The van der Waals surface area contributed by atoms with Crippen LogP contribution in [0, 0.1) is 0 Å². The van der Waals surface area contributed by atoms with Crippen molar-refractivity contribution in [1.29, 1.82) is 0 Å². The number of hydrogen-bond acceptors (Lipinski definition) is 5. The zero-order chi connectivity index (χ0) is 13.1. The van der Waals surface area contributed by atoms with Crippen molar-refractivity contribution in [2.24, 2.45) is 0 Å². The van der Waals surface area contributed by atoms with Gasteiger partial charge in [-0.15, -0.1) is 10.2 Å². The second-order valence-corrected chi connectivity index (χ2v) is 6.18. The number of amides is 1. The molecular formula is C11H19N4O2S+. The molecule has 1 atom stereocenters. The van der Waals surface area contributed by atoms with Gasteiger partial charge >= 0.3 is 0 Å². The lowest BCUT2D eigenvalue weighted by Gasteiger charge is -2.08. The molecule has 1 amide bonds. The number of carbonyl (C=O) groups is 1. The van der Waals surface area contributed by atoms with Crippen molar-refractivity contribution in [3.63, 3.8) is 0 Å². The van der Waals surface area contributed by atoms with Gasteiger partial charge in [-0.3, -0.25) is 4.79 Å². The predicted octanol–water partition coefficient (Wildman–Crippen LogP) is -0.527. The number of nitrogens with zero attached hydrogens (tertiary/aromatic N) is 2. The first-order chi connectivity index (χ1) is 8.54. The Morgan fingerprint density at radius 1 is 1.56 bits per heavy atom. The number of hydrogen-bond donors (Lipinski definition) is 2. The van der Waals surface area contributed by atoms with Crippen LogP contribution >= 0.6 is 11.8 Å². The maximum absolute atomic E-state index is 11.8. The van der Waals surface area contributed by atoms with E-state index in [9.17, 15) is 4.79 Å². The molecule has 1 aliphatic rings. The highest BCUT2D eigenvalue weighted by Gasteiger charge is 2.27. The molecule has 0 saturated heterocycles. The summed E-state index contributed by atoms with van der Waals surface area (Å²) in [5, 5.41) is 11.1. The van der Waals surface area contributed by atoms with Crippen LogP contribution in [0.2, 0.25) is 0 Å². The van der Waals surface area contributed by atoms with Crippen molar-refractivity contribution in [2.45, 2.75) is 42.8 Å². The molecule has 18 heavy (non-hydrogen) atoms. The smallest absolute Gasteiger partial charge is 0.277 e. The molecule has 1 aliphatic carbocycles. The van der Waals surface area contributed by atoms with E-state index in [-0.39, 0.29) is 11.2 Å². The number of carbonyl (C=O) groups excluding carboxylic acids is 1. The average molecular weight is 271 g/mol. The Morgan fingerprint density at radius 3 is 2.89 bits per heavy atom. The van der Waals surface area contributed by atoms with Crippen molar-refractivity contribution in [3.8, 4) is 0 Å². The lowest BCUT2D eigenvalue weighted by atomic mass is 10.4. The third-order valence-electron chi connectivity index (χ3n) is 2.52. The van der Waals surface area contributed by atoms with Gasteiger partial charge in [-0.25, -0.2) is 0 Å². The van der Waals surface area contributed by atoms with E-state index in [1.807, 2.05) is 21.0 Å². The summed E-state index contributed by atoms with van der Waals surface area (Å²) >= 11 is 1.31. The van der Waals surface area contributed by atoms with E-state index in [1.54, 1.807) is 0 Å². The Balaban J connectivity index is 1.83. The van der Waals surface area contributed by atoms with Crippen molar-refractivity contribution >= 4 is 17.7 Å². The Bertz CT molecular complexity index is 417. The van der Waals surface area contributed by atoms with Crippen LogP contribution < -0.4 is 10.2 Å². The molecule has 0 unspecified atom stereocenters. The summed E-state index contributed by atoms with van der Waals surface area (Å²) in [6, 6.07) is 0.385. The molecule has 0 aromatic carbocycles. The minimum atomic E-state index is -0.203. The fourth-order valence-electron chi connectivity index (χ4n) is 1.41. The van der Waals surface area contributed by atoms with E-state index in [4.69, 9.17) is 4.42 Å². The van der Waals surface area contributed by atoms with Gasteiger partial charge in [-0.1, -0.05) is 11.8 Å². The Labute approximate surface area is 111 Å². The van der Waals surface area contributed by atoms with Gasteiger partial charge in [0.05, 0.1) is 19.3 Å². The lowest BCUT2D eigenvalue weighted by molar-refractivity contribution is -0.874. The molecule has 7 heteroatoms. The predicted molar refractivity (Wildman–Crippen MR) is 67.3 cm³/mol. The van der Waals surface area contributed by atoms with Crippen LogP contribution in [0.1, 0.15) is 25.7 Å². The first-order valence-electron chi connectivity index (χ1n) is 6.13. The quantitative estimate of drug-likeness (QED) is 0.681. The van der Waals surface area contributed by atoms with Gasteiger partial charge in [0, 0.05) is 6.04 Å². The fourth-order valence-corrected chi connectivity index (χ4v) is 2.12. The van der Waals surface area contributed by atoms with Crippen LogP contribution in [0.25, 0.3) is 0 Å². The van der Waals surface area contributed by atoms with Crippen molar-refractivity contribution in [1.82, 2.24) is 15.5 Å². The van der Waals surface area contributed by atoms with Gasteiger partial charge in [0.25, 0.3) is 11.1 Å². The first kappa shape index (κ1) is 13.4. The minimum Gasteiger partial charge on any atom is -0.410 e. The third kappa shape index (κ3) is 3.99. The monoisotopic (exact) mass is 271 g/mol. The molecule has 0 aliphatic heterocycles. The van der Waals surface area contributed by atoms with E-state index in [2.05, 4.69) is 15.5 Å². The second-order valence-electron chi connectivity index (χ2n) is 4.89. The topological polar surface area (TPSA) is 72.5 Å². The first-order valence-corrected chi connectivity index (χ1v) is 7.01. The average Bonchev–Trinajstić information content (AvgIpc) is 2.99. The number of rotatable bonds is 6. The Hall–Kier alpha value is -1.08. The molecule has 2 N–H and O–H groups in total. The summed E-state index contributed by atoms with van der Waals surface area (Å²) in [6.07, 6.45) is 2.19. The van der Waals surface area contributed by atoms with Crippen LogP contribution in [0.4, 0.5) is 0 Å². The molecule has 1 heterocycles. The molecular weight excluding hydrogens is 252 g/mol. The van der Waals surface area contributed by atoms with Gasteiger partial charge in [0.2, 0.25) is 5.91 Å². The van der Waals surface area contributed by atoms with E-state index in [1.165, 1.54) is 16.7 Å². The van der Waals surface area contributed by atoms with E-state index in [0.717, 1.165) is 12.8 Å². The highest BCUT2D eigenvalue weighted by Crippen LogP contribution is 2.24. The molecule has 0 radical (unpaired) electrons. The summed E-state index contributed by atoms with van der Waals surface area (Å²) < 4.78 is 5.48. The van der Waals surface area contributed by atoms with Crippen molar-refractivity contribution in [3.05, 3.63) is 5.89 Å². The van der Waals surface area contributed by atoms with E-state index in [0.29, 0.717) is 23.7 Å². The van der Waals surface area contributed by atoms with E-state index >= 15 is 0 Å². The van der Waals surface area contributed by atoms with Crippen molar-refractivity contribution < 1.29 is 14.1 Å².